The predicted molar refractivity (Wildman–Crippen MR) is 124 cm³/mol. The van der Waals surface area contributed by atoms with Crippen LogP contribution in [-0.2, 0) is 4.79 Å². The highest BCUT2D eigenvalue weighted by Crippen LogP contribution is 2.29. The number of hydrogen-bond donors (Lipinski definition) is 4. The fraction of sp³-hybridized carbons (Fsp3) is 0.125. The third-order valence-electron chi connectivity index (χ3n) is 5.04. The third kappa shape index (κ3) is 4.55. The van der Waals surface area contributed by atoms with Crippen molar-refractivity contribution in [2.75, 3.05) is 17.2 Å². The number of carbonyl (C=O) groups is 1. The molecule has 4 rings (SSSR count). The van der Waals surface area contributed by atoms with Gasteiger partial charge >= 0.3 is 0 Å². The van der Waals surface area contributed by atoms with E-state index in [4.69, 9.17) is 12.3 Å². The number of aromatic nitrogens is 2. The average molecular weight is 410 g/mol. The SMILES string of the molecule is [C-]#[N+]c1cccc(Nc2n[nH]c3ccc(NC(=O)C(CCN)c4ccccc4)cc23)c1. The van der Waals surface area contributed by atoms with Crippen molar-refractivity contribution >= 4 is 39.7 Å². The lowest BCUT2D eigenvalue weighted by atomic mass is 9.94. The zero-order chi connectivity index (χ0) is 21.6. The van der Waals surface area contributed by atoms with E-state index < -0.39 is 0 Å². The topological polar surface area (TPSA) is 100 Å². The van der Waals surface area contributed by atoms with Gasteiger partial charge in [0.05, 0.1) is 18.0 Å². The lowest BCUT2D eigenvalue weighted by molar-refractivity contribution is -0.117. The summed E-state index contributed by atoms with van der Waals surface area (Å²) < 4.78 is 0. The van der Waals surface area contributed by atoms with E-state index >= 15 is 0 Å². The molecule has 0 spiro atoms. The summed E-state index contributed by atoms with van der Waals surface area (Å²) in [5.41, 5.74) is 9.52. The van der Waals surface area contributed by atoms with Crippen LogP contribution < -0.4 is 16.4 Å². The molecule has 3 aromatic carbocycles. The molecule has 0 saturated carbocycles. The zero-order valence-electron chi connectivity index (χ0n) is 16.8. The number of benzene rings is 3. The molecule has 7 nitrogen and oxygen atoms in total. The maximum atomic E-state index is 13.0. The first-order valence-electron chi connectivity index (χ1n) is 9.96. The van der Waals surface area contributed by atoms with Crippen LogP contribution in [0.5, 0.6) is 0 Å². The van der Waals surface area contributed by atoms with E-state index in [0.29, 0.717) is 30.2 Å². The molecule has 0 aliphatic heterocycles. The lowest BCUT2D eigenvalue weighted by Gasteiger charge is -2.16. The monoisotopic (exact) mass is 410 g/mol. The van der Waals surface area contributed by atoms with Crippen LogP contribution in [0.4, 0.5) is 22.9 Å². The maximum Gasteiger partial charge on any atom is 0.231 e. The number of hydrogen-bond acceptors (Lipinski definition) is 4. The summed E-state index contributed by atoms with van der Waals surface area (Å²) in [6, 6.07) is 22.4. The highest BCUT2D eigenvalue weighted by Gasteiger charge is 2.20. The molecular formula is C24H22N6O. The highest BCUT2D eigenvalue weighted by atomic mass is 16.1. The number of nitrogens with two attached hydrogens (primary N) is 1. The van der Waals surface area contributed by atoms with E-state index in [2.05, 4.69) is 25.7 Å². The fourth-order valence-corrected chi connectivity index (χ4v) is 3.51. The minimum atomic E-state index is -0.319. The second kappa shape index (κ2) is 9.11. The van der Waals surface area contributed by atoms with Gasteiger partial charge in [0.25, 0.3) is 0 Å². The molecule has 1 atom stereocenters. The molecule has 0 fully saturated rings. The Morgan fingerprint density at radius 2 is 1.90 bits per heavy atom. The van der Waals surface area contributed by atoms with Gasteiger partial charge in [0.2, 0.25) is 5.91 Å². The summed E-state index contributed by atoms with van der Waals surface area (Å²) in [5, 5.41) is 14.4. The number of amides is 1. The summed E-state index contributed by atoms with van der Waals surface area (Å²) in [5.74, 6) is 0.203. The summed E-state index contributed by atoms with van der Waals surface area (Å²) in [4.78, 5) is 16.4. The molecule has 1 amide bonds. The standard InChI is InChI=1S/C24H22N6O/c1-26-17-8-5-9-18(14-17)27-23-21-15-19(10-11-22(21)29-30-23)28-24(31)20(12-13-25)16-6-3-2-4-7-16/h2-11,14-15,20H,12-13,25H2,(H,28,31)(H2,27,29,30). The van der Waals surface area contributed by atoms with Crippen LogP contribution in [0.3, 0.4) is 0 Å². The maximum absolute atomic E-state index is 13.0. The van der Waals surface area contributed by atoms with Crippen molar-refractivity contribution < 1.29 is 4.79 Å². The van der Waals surface area contributed by atoms with E-state index in [0.717, 1.165) is 22.2 Å². The van der Waals surface area contributed by atoms with Gasteiger partial charge in [-0.15, -0.1) is 0 Å². The van der Waals surface area contributed by atoms with E-state index in [9.17, 15) is 4.79 Å². The summed E-state index contributed by atoms with van der Waals surface area (Å²) >= 11 is 0. The minimum Gasteiger partial charge on any atom is -0.339 e. The number of aromatic amines is 1. The first kappa shape index (κ1) is 20.1. The van der Waals surface area contributed by atoms with Gasteiger partial charge in [0.1, 0.15) is 0 Å². The Morgan fingerprint density at radius 1 is 1.06 bits per heavy atom. The van der Waals surface area contributed by atoms with Gasteiger partial charge < -0.3 is 16.4 Å². The van der Waals surface area contributed by atoms with Gasteiger partial charge in [-0.2, -0.15) is 5.10 Å². The molecule has 0 aliphatic carbocycles. The van der Waals surface area contributed by atoms with Crippen LogP contribution in [0.25, 0.3) is 15.7 Å². The van der Waals surface area contributed by atoms with E-state index in [-0.39, 0.29) is 11.8 Å². The van der Waals surface area contributed by atoms with Gasteiger partial charge in [-0.25, -0.2) is 4.85 Å². The molecule has 1 heterocycles. The molecule has 31 heavy (non-hydrogen) atoms. The van der Waals surface area contributed by atoms with Crippen LogP contribution in [0.2, 0.25) is 0 Å². The lowest BCUT2D eigenvalue weighted by Crippen LogP contribution is -2.23. The van der Waals surface area contributed by atoms with Crippen molar-refractivity contribution in [2.45, 2.75) is 12.3 Å². The Labute approximate surface area is 180 Å². The molecule has 154 valence electrons. The Balaban J connectivity index is 1.58. The Morgan fingerprint density at radius 3 is 2.68 bits per heavy atom. The number of fused-ring (bicyclic) bond motifs is 1. The van der Waals surface area contributed by atoms with Crippen molar-refractivity contribution in [3.63, 3.8) is 0 Å². The summed E-state index contributed by atoms with van der Waals surface area (Å²) in [6.45, 7) is 7.59. The third-order valence-corrected chi connectivity index (χ3v) is 5.04. The average Bonchev–Trinajstić information content (AvgIpc) is 3.20. The fourth-order valence-electron chi connectivity index (χ4n) is 3.51. The van der Waals surface area contributed by atoms with E-state index in [1.54, 1.807) is 12.1 Å². The number of H-pyrrole nitrogens is 1. The second-order valence-electron chi connectivity index (χ2n) is 7.15. The minimum absolute atomic E-state index is 0.0984. The van der Waals surface area contributed by atoms with Gasteiger partial charge in [0, 0.05) is 16.8 Å². The molecule has 0 aliphatic rings. The van der Waals surface area contributed by atoms with Crippen molar-refractivity contribution in [1.82, 2.24) is 10.2 Å². The molecule has 1 unspecified atom stereocenters. The van der Waals surface area contributed by atoms with Crippen LogP contribution in [0.1, 0.15) is 17.9 Å². The smallest absolute Gasteiger partial charge is 0.231 e. The van der Waals surface area contributed by atoms with E-state index in [1.807, 2.05) is 60.7 Å². The number of nitrogens with one attached hydrogen (secondary N) is 3. The largest absolute Gasteiger partial charge is 0.339 e. The Hall–Kier alpha value is -4.15. The molecule has 0 saturated heterocycles. The molecule has 0 bridgehead atoms. The Bertz CT molecular complexity index is 1240. The highest BCUT2D eigenvalue weighted by molar-refractivity contribution is 6.00. The molecule has 5 N–H and O–H groups in total. The van der Waals surface area contributed by atoms with Crippen molar-refractivity contribution in [3.05, 3.63) is 89.8 Å². The van der Waals surface area contributed by atoms with Crippen molar-refractivity contribution in [2.24, 2.45) is 5.73 Å². The first-order chi connectivity index (χ1) is 15.2. The quantitative estimate of drug-likeness (QED) is 0.325. The predicted octanol–water partition coefficient (Wildman–Crippen LogP) is 4.93. The van der Waals surface area contributed by atoms with Gasteiger partial charge in [-0.3, -0.25) is 9.89 Å². The molecule has 7 heteroatoms. The Kier molecular flexibility index (Phi) is 5.92. The van der Waals surface area contributed by atoms with E-state index in [1.165, 1.54) is 0 Å². The molecular weight excluding hydrogens is 388 g/mol. The van der Waals surface area contributed by atoms with Gasteiger partial charge in [0.15, 0.2) is 11.5 Å². The molecule has 0 radical (unpaired) electrons. The second-order valence-corrected chi connectivity index (χ2v) is 7.15. The van der Waals surface area contributed by atoms with Crippen LogP contribution in [0, 0.1) is 6.57 Å². The van der Waals surface area contributed by atoms with Crippen molar-refractivity contribution in [3.8, 4) is 0 Å². The number of carbonyl (C=O) groups excluding carboxylic acids is 1. The normalized spacial score (nSPS) is 11.6. The summed E-state index contributed by atoms with van der Waals surface area (Å²) in [7, 11) is 0. The number of nitrogens with zero attached hydrogens (tertiary/aromatic N) is 2. The van der Waals surface area contributed by atoms with Crippen LogP contribution >= 0.6 is 0 Å². The number of rotatable bonds is 7. The molecule has 1 aromatic heterocycles. The molecule has 4 aromatic rings. The zero-order valence-corrected chi connectivity index (χ0v) is 16.8. The van der Waals surface area contributed by atoms with Gasteiger partial charge in [-0.1, -0.05) is 42.5 Å². The number of anilines is 3. The van der Waals surface area contributed by atoms with Crippen LogP contribution in [0.15, 0.2) is 72.8 Å². The first-order valence-corrected chi connectivity index (χ1v) is 9.96. The van der Waals surface area contributed by atoms with Gasteiger partial charge in [-0.05, 0) is 48.9 Å². The van der Waals surface area contributed by atoms with Crippen molar-refractivity contribution in [1.29, 1.82) is 0 Å². The summed E-state index contributed by atoms with van der Waals surface area (Å²) in [6.07, 6.45) is 0.563. The van der Waals surface area contributed by atoms with Crippen LogP contribution in [-0.4, -0.2) is 22.6 Å².